The summed E-state index contributed by atoms with van der Waals surface area (Å²) in [6.45, 7) is 13.7. The Morgan fingerprint density at radius 2 is 1.61 bits per heavy atom. The zero-order chi connectivity index (χ0) is 22.3. The first kappa shape index (κ1) is 21.0. The highest BCUT2D eigenvalue weighted by molar-refractivity contribution is 5.86. The number of aromatic nitrogens is 3. The summed E-state index contributed by atoms with van der Waals surface area (Å²) >= 11 is 0. The van der Waals surface area contributed by atoms with E-state index >= 15 is 0 Å². The first-order valence-corrected chi connectivity index (χ1v) is 12.1. The Bertz CT molecular complexity index is 975. The van der Waals surface area contributed by atoms with Crippen molar-refractivity contribution in [1.82, 2.24) is 14.8 Å². The number of rotatable bonds is 2. The summed E-state index contributed by atoms with van der Waals surface area (Å²) in [6.07, 6.45) is 17.3. The second kappa shape index (κ2) is 6.32. The third-order valence-corrected chi connectivity index (χ3v) is 9.77. The van der Waals surface area contributed by atoms with Gasteiger partial charge < -0.3 is 0 Å². The number of amides is 1. The van der Waals surface area contributed by atoms with Gasteiger partial charge in [-0.2, -0.15) is 4.98 Å². The summed E-state index contributed by atoms with van der Waals surface area (Å²) in [5.74, 6) is 1.09. The van der Waals surface area contributed by atoms with Crippen LogP contribution in [-0.4, -0.2) is 20.7 Å². The van der Waals surface area contributed by atoms with Crippen LogP contribution in [0, 0.1) is 27.1 Å². The molecule has 0 spiro atoms. The van der Waals surface area contributed by atoms with Crippen molar-refractivity contribution in [2.24, 2.45) is 27.1 Å². The van der Waals surface area contributed by atoms with Crippen LogP contribution >= 0.6 is 0 Å². The van der Waals surface area contributed by atoms with Crippen LogP contribution in [0.3, 0.4) is 0 Å². The van der Waals surface area contributed by atoms with Crippen LogP contribution in [0.4, 0.5) is 5.95 Å². The molecule has 2 heterocycles. The van der Waals surface area contributed by atoms with Crippen molar-refractivity contribution >= 4 is 23.6 Å². The van der Waals surface area contributed by atoms with Crippen LogP contribution in [0.25, 0.3) is 11.8 Å². The van der Waals surface area contributed by atoms with Gasteiger partial charge in [0, 0.05) is 23.5 Å². The van der Waals surface area contributed by atoms with E-state index in [4.69, 9.17) is 5.10 Å². The van der Waals surface area contributed by atoms with Crippen LogP contribution < -0.4 is 5.32 Å². The number of allylic oxidation sites excluding steroid dienone is 3. The number of carbonyl (C=O) groups excluding carboxylic acids is 1. The van der Waals surface area contributed by atoms with Gasteiger partial charge in [0.05, 0.1) is 0 Å². The normalized spacial score (nSPS) is 40.5. The Labute approximate surface area is 186 Å². The van der Waals surface area contributed by atoms with Crippen LogP contribution in [0.1, 0.15) is 98.7 Å². The number of nitrogens with zero attached hydrogens (tertiary/aromatic N) is 3. The fourth-order valence-electron chi connectivity index (χ4n) is 8.18. The molecule has 5 rings (SSSR count). The van der Waals surface area contributed by atoms with Crippen molar-refractivity contribution in [3.63, 3.8) is 0 Å². The lowest BCUT2D eigenvalue weighted by atomic mass is 9.19. The van der Waals surface area contributed by atoms with Gasteiger partial charge in [-0.15, -0.1) is 5.10 Å². The van der Waals surface area contributed by atoms with E-state index in [9.17, 15) is 4.79 Å². The standard InChI is InChI=1S/C26H38N4O/c1-18(31)27-21-28-20-11-14-22(2,3)15-19(30(20)29-21)26-16-23(4)12-9-7-8-10-13-24(5,17-26)25(23,26)6/h11,14-15H,7-10,12-13,16-17H2,1-6H3,(H,27,29,31). The molecule has 1 N–H and O–H groups in total. The lowest BCUT2D eigenvalue weighted by Gasteiger charge is -2.85. The molecule has 168 valence electrons. The minimum absolute atomic E-state index is 0.0620. The Morgan fingerprint density at radius 3 is 2.19 bits per heavy atom. The molecule has 0 aromatic carbocycles. The first-order chi connectivity index (χ1) is 14.5. The topological polar surface area (TPSA) is 59.8 Å². The van der Waals surface area contributed by atoms with E-state index in [1.54, 1.807) is 0 Å². The van der Waals surface area contributed by atoms with Gasteiger partial charge in [-0.25, -0.2) is 4.68 Å². The predicted molar refractivity (Wildman–Crippen MR) is 125 cm³/mol. The van der Waals surface area contributed by atoms with Crippen LogP contribution in [0.5, 0.6) is 0 Å². The molecule has 0 bridgehead atoms. The molecule has 0 saturated heterocycles. The summed E-state index contributed by atoms with van der Waals surface area (Å²) in [6, 6.07) is 0. The summed E-state index contributed by atoms with van der Waals surface area (Å²) in [4.78, 5) is 16.3. The fraction of sp³-hybridized carbons (Fsp3) is 0.731. The SMILES string of the molecule is CC(=O)Nc1nc2n(n1)C(C13CC4(C)CCCCCCC(C)(C1)C43C)=CC(C)(C)C=C2. The molecular weight excluding hydrogens is 384 g/mol. The molecule has 5 nitrogen and oxygen atoms in total. The molecule has 2 unspecified atom stereocenters. The quantitative estimate of drug-likeness (QED) is 0.608. The third-order valence-electron chi connectivity index (χ3n) is 9.77. The van der Waals surface area contributed by atoms with Crippen molar-refractivity contribution in [2.45, 2.75) is 92.9 Å². The molecule has 1 aliphatic heterocycles. The van der Waals surface area contributed by atoms with Crippen LogP contribution in [0.15, 0.2) is 12.2 Å². The van der Waals surface area contributed by atoms with Crippen molar-refractivity contribution in [1.29, 1.82) is 0 Å². The minimum atomic E-state index is -0.135. The first-order valence-electron chi connectivity index (χ1n) is 12.1. The van der Waals surface area contributed by atoms with Crippen molar-refractivity contribution in [2.75, 3.05) is 5.32 Å². The maximum Gasteiger partial charge on any atom is 0.249 e. The third kappa shape index (κ3) is 2.64. The van der Waals surface area contributed by atoms with Gasteiger partial charge in [-0.05, 0) is 48.0 Å². The number of nitrogens with one attached hydrogen (secondary N) is 1. The molecule has 3 fully saturated rings. The Morgan fingerprint density at radius 1 is 1.00 bits per heavy atom. The molecule has 3 aliphatic carbocycles. The van der Waals surface area contributed by atoms with E-state index in [0.717, 1.165) is 5.82 Å². The van der Waals surface area contributed by atoms with Gasteiger partial charge in [0.1, 0.15) is 0 Å². The highest BCUT2D eigenvalue weighted by Gasteiger charge is 2.83. The highest BCUT2D eigenvalue weighted by Crippen LogP contribution is 2.89. The van der Waals surface area contributed by atoms with E-state index in [1.165, 1.54) is 64.0 Å². The summed E-state index contributed by atoms with van der Waals surface area (Å²) in [5.41, 5.74) is 2.36. The number of hydrogen-bond acceptors (Lipinski definition) is 3. The Hall–Kier alpha value is -1.91. The van der Waals surface area contributed by atoms with Crippen molar-refractivity contribution in [3.05, 3.63) is 18.0 Å². The van der Waals surface area contributed by atoms with Crippen molar-refractivity contribution in [3.8, 4) is 0 Å². The zero-order valence-corrected chi connectivity index (χ0v) is 20.1. The minimum Gasteiger partial charge on any atom is -0.293 e. The molecule has 1 amide bonds. The maximum absolute atomic E-state index is 11.6. The second-order valence-electron chi connectivity index (χ2n) is 12.2. The maximum atomic E-state index is 11.6. The van der Waals surface area contributed by atoms with Gasteiger partial charge in [0.25, 0.3) is 0 Å². The molecular formula is C26H38N4O. The molecule has 31 heavy (non-hydrogen) atoms. The summed E-state index contributed by atoms with van der Waals surface area (Å²) in [7, 11) is 0. The van der Waals surface area contributed by atoms with E-state index in [1.807, 2.05) is 4.68 Å². The monoisotopic (exact) mass is 422 g/mol. The smallest absolute Gasteiger partial charge is 0.249 e. The molecule has 1 aromatic heterocycles. The van der Waals surface area contributed by atoms with Gasteiger partial charge >= 0.3 is 0 Å². The summed E-state index contributed by atoms with van der Waals surface area (Å²) in [5, 5.41) is 7.59. The van der Waals surface area contributed by atoms with E-state index in [-0.39, 0.29) is 22.2 Å². The fourth-order valence-corrected chi connectivity index (χ4v) is 8.18. The number of hydrogen-bond donors (Lipinski definition) is 1. The predicted octanol–water partition coefficient (Wildman–Crippen LogP) is 6.30. The average molecular weight is 423 g/mol. The molecule has 0 radical (unpaired) electrons. The lowest BCUT2D eigenvalue weighted by Crippen LogP contribution is -2.78. The molecule has 5 heteroatoms. The molecule has 3 saturated carbocycles. The highest BCUT2D eigenvalue weighted by atomic mass is 16.1. The second-order valence-corrected chi connectivity index (χ2v) is 12.2. The zero-order valence-electron chi connectivity index (χ0n) is 20.1. The number of anilines is 1. The largest absolute Gasteiger partial charge is 0.293 e. The number of carbonyl (C=O) groups is 1. The van der Waals surface area contributed by atoms with E-state index < -0.39 is 0 Å². The average Bonchev–Trinajstić information content (AvgIpc) is 3.01. The van der Waals surface area contributed by atoms with E-state index in [0.29, 0.717) is 16.8 Å². The van der Waals surface area contributed by atoms with Crippen LogP contribution in [0.2, 0.25) is 0 Å². The molecule has 2 atom stereocenters. The van der Waals surface area contributed by atoms with Gasteiger partial charge in [0.15, 0.2) is 5.82 Å². The number of fused-ring (bicyclic) bond motifs is 1. The van der Waals surface area contributed by atoms with Crippen LogP contribution in [-0.2, 0) is 4.79 Å². The Balaban J connectivity index is 1.64. The Kier molecular flexibility index (Phi) is 4.28. The molecule has 4 aliphatic rings. The lowest BCUT2D eigenvalue weighted by molar-refractivity contribution is -0.337. The molecule has 1 aromatic rings. The van der Waals surface area contributed by atoms with Gasteiger partial charge in [-0.1, -0.05) is 72.5 Å². The van der Waals surface area contributed by atoms with E-state index in [2.05, 4.69) is 63.1 Å². The van der Waals surface area contributed by atoms with Gasteiger partial charge in [0.2, 0.25) is 11.9 Å². The summed E-state index contributed by atoms with van der Waals surface area (Å²) < 4.78 is 2.05. The van der Waals surface area contributed by atoms with Crippen molar-refractivity contribution < 1.29 is 4.79 Å². The van der Waals surface area contributed by atoms with Gasteiger partial charge in [-0.3, -0.25) is 10.1 Å².